The van der Waals surface area contributed by atoms with Gasteiger partial charge < -0.3 is 9.84 Å². The smallest absolute Gasteiger partial charge is 0.342 e. The summed E-state index contributed by atoms with van der Waals surface area (Å²) in [5.41, 5.74) is 1.82. The number of esters is 1. The number of aliphatic hydroxyl groups is 1. The Morgan fingerprint density at radius 3 is 2.30 bits per heavy atom. The zero-order valence-electron chi connectivity index (χ0n) is 12.4. The minimum absolute atomic E-state index is 0.0420. The van der Waals surface area contributed by atoms with Crippen molar-refractivity contribution in [3.63, 3.8) is 0 Å². The highest BCUT2D eigenvalue weighted by atomic mass is 16.5. The first kappa shape index (κ1) is 15.2. The normalized spacial score (nSPS) is 17.4. The van der Waals surface area contributed by atoms with Gasteiger partial charge in [0.1, 0.15) is 12.2 Å². The number of hydrogen-bond donors (Lipinski definition) is 1. The van der Waals surface area contributed by atoms with Crippen molar-refractivity contribution >= 4 is 17.3 Å². The molecule has 0 fully saturated rings. The van der Waals surface area contributed by atoms with Gasteiger partial charge in [-0.25, -0.2) is 4.79 Å². The Bertz CT molecular complexity index is 747. The molecule has 1 N–H and O–H groups in total. The van der Waals surface area contributed by atoms with E-state index >= 15 is 0 Å². The molecule has 0 spiro atoms. The van der Waals surface area contributed by atoms with E-state index in [1.165, 1.54) is 0 Å². The summed E-state index contributed by atoms with van der Waals surface area (Å²) in [6, 6.07) is 18.2. The van der Waals surface area contributed by atoms with Crippen molar-refractivity contribution in [3.05, 3.63) is 77.4 Å². The van der Waals surface area contributed by atoms with Crippen LogP contribution in [-0.4, -0.2) is 23.0 Å². The summed E-state index contributed by atoms with van der Waals surface area (Å²) >= 11 is 0. The van der Waals surface area contributed by atoms with E-state index in [2.05, 4.69) is 0 Å². The zero-order valence-corrected chi connectivity index (χ0v) is 12.4. The molecule has 0 radical (unpaired) electrons. The van der Waals surface area contributed by atoms with Crippen LogP contribution in [0.15, 0.2) is 66.2 Å². The molecule has 1 aliphatic rings. The van der Waals surface area contributed by atoms with Crippen molar-refractivity contribution < 1.29 is 19.4 Å². The van der Waals surface area contributed by atoms with E-state index in [-0.39, 0.29) is 24.4 Å². The van der Waals surface area contributed by atoms with Crippen molar-refractivity contribution in [1.82, 2.24) is 0 Å². The molecule has 0 amide bonds. The molecule has 2 aromatic rings. The molecule has 23 heavy (non-hydrogen) atoms. The Morgan fingerprint density at radius 1 is 1.04 bits per heavy atom. The fourth-order valence-electron chi connectivity index (χ4n) is 2.67. The summed E-state index contributed by atoms with van der Waals surface area (Å²) in [4.78, 5) is 24.4. The first-order chi connectivity index (χ1) is 11.2. The predicted molar refractivity (Wildman–Crippen MR) is 85.2 cm³/mol. The number of aliphatic hydroxyl groups excluding tert-OH is 1. The van der Waals surface area contributed by atoms with E-state index in [9.17, 15) is 14.7 Å². The second kappa shape index (κ2) is 6.58. The van der Waals surface area contributed by atoms with Gasteiger partial charge in [0.25, 0.3) is 0 Å². The minimum atomic E-state index is -0.968. The van der Waals surface area contributed by atoms with Crippen LogP contribution in [0.5, 0.6) is 0 Å². The van der Waals surface area contributed by atoms with Crippen LogP contribution in [0.2, 0.25) is 0 Å². The lowest BCUT2D eigenvalue weighted by Crippen LogP contribution is -2.13. The van der Waals surface area contributed by atoms with Crippen molar-refractivity contribution in [2.24, 2.45) is 0 Å². The Morgan fingerprint density at radius 2 is 1.65 bits per heavy atom. The summed E-state index contributed by atoms with van der Waals surface area (Å²) in [6.07, 6.45) is -1.05. The lowest BCUT2D eigenvalue weighted by Gasteiger charge is -2.10. The minimum Gasteiger partial charge on any atom is -0.457 e. The molecule has 0 bridgehead atoms. The highest BCUT2D eigenvalue weighted by Gasteiger charge is 2.36. The molecule has 0 saturated heterocycles. The van der Waals surface area contributed by atoms with Gasteiger partial charge in [0.2, 0.25) is 0 Å². The first-order valence-corrected chi connectivity index (χ1v) is 7.38. The number of carbonyl (C=O) groups excluding carboxylic acids is 2. The number of Topliss-reactive ketones (excluding diaryl/α,β-unsaturated/α-hetero) is 1. The SMILES string of the molecule is O=C1CC(O)C(c2ccccc2)=C1C(=O)OCc1ccccc1. The molecule has 4 nitrogen and oxygen atoms in total. The third-order valence-electron chi connectivity index (χ3n) is 3.76. The molecule has 1 atom stereocenters. The van der Waals surface area contributed by atoms with Crippen LogP contribution in [0.4, 0.5) is 0 Å². The average molecular weight is 308 g/mol. The average Bonchev–Trinajstić information content (AvgIpc) is 2.88. The molecular formula is C19H16O4. The van der Waals surface area contributed by atoms with E-state index in [4.69, 9.17) is 4.74 Å². The van der Waals surface area contributed by atoms with Crippen LogP contribution >= 0.6 is 0 Å². The van der Waals surface area contributed by atoms with E-state index in [1.807, 2.05) is 36.4 Å². The molecular weight excluding hydrogens is 292 g/mol. The summed E-state index contributed by atoms with van der Waals surface area (Å²) in [5.74, 6) is -1.07. The maximum atomic E-state index is 12.3. The van der Waals surface area contributed by atoms with Gasteiger partial charge in [0.05, 0.1) is 6.10 Å². The van der Waals surface area contributed by atoms with E-state index < -0.39 is 12.1 Å². The van der Waals surface area contributed by atoms with E-state index in [1.54, 1.807) is 24.3 Å². The number of carbonyl (C=O) groups is 2. The Balaban J connectivity index is 1.86. The van der Waals surface area contributed by atoms with Gasteiger partial charge >= 0.3 is 5.97 Å². The second-order valence-electron chi connectivity index (χ2n) is 5.36. The number of ketones is 1. The Labute approximate surface area is 134 Å². The van der Waals surface area contributed by atoms with Crippen LogP contribution in [0.25, 0.3) is 5.57 Å². The maximum Gasteiger partial charge on any atom is 0.342 e. The van der Waals surface area contributed by atoms with Crippen LogP contribution in [-0.2, 0) is 20.9 Å². The zero-order chi connectivity index (χ0) is 16.2. The van der Waals surface area contributed by atoms with E-state index in [0.717, 1.165) is 5.56 Å². The summed E-state index contributed by atoms with van der Waals surface area (Å²) in [5, 5.41) is 10.1. The quantitative estimate of drug-likeness (QED) is 0.696. The van der Waals surface area contributed by atoms with Crippen LogP contribution in [0, 0.1) is 0 Å². The number of ether oxygens (including phenoxy) is 1. The van der Waals surface area contributed by atoms with Gasteiger partial charge in [-0.05, 0) is 11.1 Å². The molecule has 1 unspecified atom stereocenters. The largest absolute Gasteiger partial charge is 0.457 e. The summed E-state index contributed by atoms with van der Waals surface area (Å²) in [7, 11) is 0. The highest BCUT2D eigenvalue weighted by molar-refractivity contribution is 6.26. The van der Waals surface area contributed by atoms with Gasteiger partial charge in [0, 0.05) is 12.0 Å². The van der Waals surface area contributed by atoms with Gasteiger partial charge in [0.15, 0.2) is 5.78 Å². The second-order valence-corrected chi connectivity index (χ2v) is 5.36. The van der Waals surface area contributed by atoms with Gasteiger partial charge in [-0.15, -0.1) is 0 Å². The Kier molecular flexibility index (Phi) is 4.35. The molecule has 0 saturated carbocycles. The van der Waals surface area contributed by atoms with Crippen LogP contribution in [0.3, 0.4) is 0 Å². The monoisotopic (exact) mass is 308 g/mol. The fourth-order valence-corrected chi connectivity index (χ4v) is 2.67. The molecule has 0 heterocycles. The highest BCUT2D eigenvalue weighted by Crippen LogP contribution is 2.32. The van der Waals surface area contributed by atoms with Gasteiger partial charge in [-0.3, -0.25) is 4.79 Å². The van der Waals surface area contributed by atoms with Gasteiger partial charge in [-0.1, -0.05) is 60.7 Å². The lowest BCUT2D eigenvalue weighted by atomic mass is 10.0. The van der Waals surface area contributed by atoms with Crippen molar-refractivity contribution in [2.75, 3.05) is 0 Å². The first-order valence-electron chi connectivity index (χ1n) is 7.38. The fraction of sp³-hybridized carbons (Fsp3) is 0.158. The third-order valence-corrected chi connectivity index (χ3v) is 3.76. The van der Waals surface area contributed by atoms with E-state index in [0.29, 0.717) is 11.1 Å². The molecule has 4 heteroatoms. The summed E-state index contributed by atoms with van der Waals surface area (Å²) in [6.45, 7) is 0.0919. The summed E-state index contributed by atoms with van der Waals surface area (Å²) < 4.78 is 5.25. The molecule has 0 aromatic heterocycles. The maximum absolute atomic E-state index is 12.3. The van der Waals surface area contributed by atoms with Crippen molar-refractivity contribution in [1.29, 1.82) is 0 Å². The number of rotatable bonds is 4. The van der Waals surface area contributed by atoms with Crippen LogP contribution < -0.4 is 0 Å². The standard InChI is InChI=1S/C19H16O4/c20-15-11-16(21)18(17(15)14-9-5-2-6-10-14)19(22)23-12-13-7-3-1-4-8-13/h1-10,15,20H,11-12H2. The molecule has 2 aromatic carbocycles. The molecule has 0 aliphatic heterocycles. The topological polar surface area (TPSA) is 63.6 Å². The van der Waals surface area contributed by atoms with Crippen LogP contribution in [0.1, 0.15) is 17.5 Å². The third kappa shape index (κ3) is 3.22. The molecule has 116 valence electrons. The number of hydrogen-bond acceptors (Lipinski definition) is 4. The van der Waals surface area contributed by atoms with Crippen molar-refractivity contribution in [2.45, 2.75) is 19.1 Å². The van der Waals surface area contributed by atoms with Gasteiger partial charge in [-0.2, -0.15) is 0 Å². The Hall–Kier alpha value is -2.72. The predicted octanol–water partition coefficient (Wildman–Crippen LogP) is 2.52. The lowest BCUT2D eigenvalue weighted by molar-refractivity contribution is -0.141. The van der Waals surface area contributed by atoms with Crippen molar-refractivity contribution in [3.8, 4) is 0 Å². The molecule has 3 rings (SSSR count). The number of benzene rings is 2. The molecule has 1 aliphatic carbocycles.